The highest BCUT2D eigenvalue weighted by atomic mass is 15.3. The summed E-state index contributed by atoms with van der Waals surface area (Å²) < 4.78 is 0. The van der Waals surface area contributed by atoms with Gasteiger partial charge in [0.25, 0.3) is 0 Å². The van der Waals surface area contributed by atoms with Gasteiger partial charge >= 0.3 is 0 Å². The molecular weight excluding hydrogens is 312 g/mol. The molecule has 25 heavy (non-hydrogen) atoms. The van der Waals surface area contributed by atoms with E-state index < -0.39 is 0 Å². The fraction of sp³-hybridized carbons (Fsp3) is 0.526. The lowest BCUT2D eigenvalue weighted by Crippen LogP contribution is -2.62. The maximum atomic E-state index is 4.88. The van der Waals surface area contributed by atoms with Gasteiger partial charge in [0.2, 0.25) is 0 Å². The Bertz CT molecular complexity index is 754. The predicted octanol–water partition coefficient (Wildman–Crippen LogP) is 1.44. The Balaban J connectivity index is 1.40. The molecule has 4 aliphatic rings. The van der Waals surface area contributed by atoms with Crippen LogP contribution in [-0.2, 0) is 12.8 Å². The first kappa shape index (κ1) is 15.2. The second kappa shape index (κ2) is 6.35. The number of aromatic nitrogens is 3. The van der Waals surface area contributed by atoms with E-state index in [4.69, 9.17) is 9.97 Å². The van der Waals surface area contributed by atoms with E-state index in [1.165, 1.54) is 50.4 Å². The number of nitrogens with zero attached hydrogens (tertiary/aromatic N) is 5. The van der Waals surface area contributed by atoms with Crippen molar-refractivity contribution in [3.05, 3.63) is 35.8 Å². The molecule has 5 heterocycles. The number of fused-ring (bicyclic) bond motifs is 4. The van der Waals surface area contributed by atoms with Crippen LogP contribution in [0.5, 0.6) is 0 Å². The van der Waals surface area contributed by atoms with Gasteiger partial charge in [0, 0.05) is 74.5 Å². The summed E-state index contributed by atoms with van der Waals surface area (Å²) in [5, 5.41) is 3.67. The Morgan fingerprint density at radius 1 is 1.04 bits per heavy atom. The van der Waals surface area contributed by atoms with Gasteiger partial charge in [-0.25, -0.2) is 9.97 Å². The molecular formula is C19H24N6. The Hall–Kier alpha value is -2.05. The van der Waals surface area contributed by atoms with Crippen molar-refractivity contribution in [2.45, 2.75) is 25.3 Å². The lowest BCUT2D eigenvalue weighted by atomic mass is 10.1. The smallest absolute Gasteiger partial charge is 0.161 e. The van der Waals surface area contributed by atoms with Crippen LogP contribution in [0.1, 0.15) is 17.7 Å². The van der Waals surface area contributed by atoms with Crippen molar-refractivity contribution in [1.29, 1.82) is 0 Å². The standard InChI is InChI=1S/C19H24N6/c1-2-16-17(3-1)22-18(14-4-6-20-7-5-14)23-19(16)21-12-15-13-24-8-10-25(15)11-9-24/h4-7,15H,1-3,8-13H2,(H,21,22,23). The zero-order valence-corrected chi connectivity index (χ0v) is 14.5. The average molecular weight is 336 g/mol. The van der Waals surface area contributed by atoms with Gasteiger partial charge in [-0.3, -0.25) is 14.8 Å². The van der Waals surface area contributed by atoms with E-state index in [2.05, 4.69) is 20.1 Å². The molecule has 2 bridgehead atoms. The summed E-state index contributed by atoms with van der Waals surface area (Å²) in [7, 11) is 0. The highest BCUT2D eigenvalue weighted by molar-refractivity contribution is 5.60. The Morgan fingerprint density at radius 2 is 1.88 bits per heavy atom. The Kier molecular flexibility index (Phi) is 3.87. The number of hydrogen-bond donors (Lipinski definition) is 1. The fourth-order valence-electron chi connectivity index (χ4n) is 4.34. The van der Waals surface area contributed by atoms with Crippen molar-refractivity contribution < 1.29 is 0 Å². The van der Waals surface area contributed by atoms with Crippen LogP contribution in [0.15, 0.2) is 24.5 Å². The average Bonchev–Trinajstić information content (AvgIpc) is 3.16. The molecule has 2 aromatic rings. The molecule has 1 N–H and O–H groups in total. The van der Waals surface area contributed by atoms with Crippen LogP contribution in [0.3, 0.4) is 0 Å². The Morgan fingerprint density at radius 3 is 2.64 bits per heavy atom. The van der Waals surface area contributed by atoms with Gasteiger partial charge in [-0.2, -0.15) is 0 Å². The molecule has 1 aliphatic carbocycles. The molecule has 2 aromatic heterocycles. The lowest BCUT2D eigenvalue weighted by molar-refractivity contribution is 0.0189. The van der Waals surface area contributed by atoms with E-state index >= 15 is 0 Å². The van der Waals surface area contributed by atoms with Gasteiger partial charge in [0.15, 0.2) is 5.82 Å². The number of hydrogen-bond acceptors (Lipinski definition) is 6. The van der Waals surface area contributed by atoms with Crippen molar-refractivity contribution >= 4 is 5.82 Å². The van der Waals surface area contributed by atoms with Crippen molar-refractivity contribution in [1.82, 2.24) is 24.8 Å². The lowest BCUT2D eigenvalue weighted by Gasteiger charge is -2.47. The largest absolute Gasteiger partial charge is 0.368 e. The van der Waals surface area contributed by atoms with Gasteiger partial charge in [0.05, 0.1) is 0 Å². The highest BCUT2D eigenvalue weighted by Crippen LogP contribution is 2.29. The minimum Gasteiger partial charge on any atom is -0.368 e. The van der Waals surface area contributed by atoms with E-state index in [0.717, 1.165) is 36.6 Å². The third kappa shape index (κ3) is 2.89. The molecule has 0 spiro atoms. The molecule has 6 nitrogen and oxygen atoms in total. The van der Waals surface area contributed by atoms with Crippen molar-refractivity contribution in [2.75, 3.05) is 44.6 Å². The maximum Gasteiger partial charge on any atom is 0.161 e. The maximum absolute atomic E-state index is 4.88. The van der Waals surface area contributed by atoms with Crippen molar-refractivity contribution in [3.8, 4) is 11.4 Å². The van der Waals surface area contributed by atoms with Crippen LogP contribution in [0.25, 0.3) is 11.4 Å². The van der Waals surface area contributed by atoms with Gasteiger partial charge in [-0.05, 0) is 31.4 Å². The van der Waals surface area contributed by atoms with Gasteiger partial charge in [-0.15, -0.1) is 0 Å². The monoisotopic (exact) mass is 336 g/mol. The fourth-order valence-corrected chi connectivity index (χ4v) is 4.34. The molecule has 6 heteroatoms. The molecule has 130 valence electrons. The Labute approximate surface area is 148 Å². The van der Waals surface area contributed by atoms with Gasteiger partial charge in [0.1, 0.15) is 5.82 Å². The van der Waals surface area contributed by atoms with Crippen LogP contribution >= 0.6 is 0 Å². The zero-order chi connectivity index (χ0) is 16.6. The van der Waals surface area contributed by atoms with Crippen LogP contribution < -0.4 is 5.32 Å². The molecule has 3 aliphatic heterocycles. The number of piperazine rings is 3. The van der Waals surface area contributed by atoms with E-state index in [-0.39, 0.29) is 0 Å². The zero-order valence-electron chi connectivity index (χ0n) is 14.5. The van der Waals surface area contributed by atoms with Crippen molar-refractivity contribution in [2.24, 2.45) is 0 Å². The highest BCUT2D eigenvalue weighted by Gasteiger charge is 2.32. The summed E-state index contributed by atoms with van der Waals surface area (Å²) in [6.07, 6.45) is 6.95. The molecule has 0 aromatic carbocycles. The molecule has 6 rings (SSSR count). The van der Waals surface area contributed by atoms with E-state index in [9.17, 15) is 0 Å². The second-order valence-corrected chi connectivity index (χ2v) is 7.28. The number of nitrogens with one attached hydrogen (secondary N) is 1. The SMILES string of the molecule is c1cc(-c2nc3c(c(NCC4CN5CCN4CC5)n2)CCC3)ccn1. The summed E-state index contributed by atoms with van der Waals surface area (Å²) in [6.45, 7) is 7.01. The van der Waals surface area contributed by atoms with Crippen molar-refractivity contribution in [3.63, 3.8) is 0 Å². The number of aryl methyl sites for hydroxylation is 1. The molecule has 0 radical (unpaired) electrons. The van der Waals surface area contributed by atoms with E-state index in [1.54, 1.807) is 12.4 Å². The van der Waals surface area contributed by atoms with Crippen LogP contribution in [0.2, 0.25) is 0 Å². The third-order valence-electron chi connectivity index (χ3n) is 5.77. The van der Waals surface area contributed by atoms with Crippen LogP contribution in [0.4, 0.5) is 5.82 Å². The summed E-state index contributed by atoms with van der Waals surface area (Å²) >= 11 is 0. The minimum atomic E-state index is 0.596. The minimum absolute atomic E-state index is 0.596. The third-order valence-corrected chi connectivity index (χ3v) is 5.77. The molecule has 3 saturated heterocycles. The first-order valence-electron chi connectivity index (χ1n) is 9.37. The molecule has 0 saturated carbocycles. The summed E-state index contributed by atoms with van der Waals surface area (Å²) in [5.74, 6) is 1.87. The quantitative estimate of drug-likeness (QED) is 0.912. The van der Waals surface area contributed by atoms with Crippen LogP contribution in [0, 0.1) is 0 Å². The van der Waals surface area contributed by atoms with Gasteiger partial charge < -0.3 is 5.32 Å². The number of anilines is 1. The first-order chi connectivity index (χ1) is 12.4. The predicted molar refractivity (Wildman–Crippen MR) is 97.6 cm³/mol. The van der Waals surface area contributed by atoms with E-state index in [1.807, 2.05) is 12.1 Å². The topological polar surface area (TPSA) is 57.2 Å². The van der Waals surface area contributed by atoms with E-state index in [0.29, 0.717) is 6.04 Å². The molecule has 1 atom stereocenters. The molecule has 1 unspecified atom stereocenters. The second-order valence-electron chi connectivity index (χ2n) is 7.28. The van der Waals surface area contributed by atoms with Crippen LogP contribution in [-0.4, -0.2) is 70.1 Å². The number of pyridine rings is 1. The molecule has 0 amide bonds. The molecule has 3 fully saturated rings. The number of rotatable bonds is 4. The normalized spacial score (nSPS) is 27.3. The van der Waals surface area contributed by atoms with Gasteiger partial charge in [-0.1, -0.05) is 0 Å². The first-order valence-corrected chi connectivity index (χ1v) is 9.37. The summed E-state index contributed by atoms with van der Waals surface area (Å²) in [5.41, 5.74) is 3.59. The summed E-state index contributed by atoms with van der Waals surface area (Å²) in [6, 6.07) is 4.57. The summed E-state index contributed by atoms with van der Waals surface area (Å²) in [4.78, 5) is 19.0.